The number of hydrogen-bond acceptors (Lipinski definition) is 3. The molecule has 0 fully saturated rings. The van der Waals surface area contributed by atoms with E-state index < -0.39 is 11.7 Å². The average Bonchev–Trinajstić information content (AvgIpc) is 2.23. The first kappa shape index (κ1) is 15.6. The number of halogens is 3. The fourth-order valence-electron chi connectivity index (χ4n) is 1.36. The van der Waals surface area contributed by atoms with Crippen LogP contribution >= 0.6 is 0 Å². The number of ether oxygens (including phenoxy) is 2. The van der Waals surface area contributed by atoms with Crippen LogP contribution in [0.25, 0.3) is 0 Å². The molecule has 0 heterocycles. The summed E-state index contributed by atoms with van der Waals surface area (Å²) in [5, 5.41) is 0. The monoisotopic (exact) mass is 277 g/mol. The van der Waals surface area contributed by atoms with Gasteiger partial charge in [-0.05, 0) is 39.0 Å². The van der Waals surface area contributed by atoms with Crippen molar-refractivity contribution >= 4 is 5.69 Å². The second-order valence-electron chi connectivity index (χ2n) is 5.06. The third-order valence-corrected chi connectivity index (χ3v) is 2.21. The molecule has 0 atom stereocenters. The standard InChI is InChI=1S/C13H18F3NO2/c1-12(2,3)19-7-6-18-11-5-4-9(8-10(11)17)13(14,15)16/h4-5,8H,6-7,17H2,1-3H3. The molecule has 0 radical (unpaired) electrons. The Morgan fingerprint density at radius 3 is 2.21 bits per heavy atom. The number of benzene rings is 1. The molecule has 6 heteroatoms. The highest BCUT2D eigenvalue weighted by Gasteiger charge is 2.30. The highest BCUT2D eigenvalue weighted by molar-refractivity contribution is 5.54. The van der Waals surface area contributed by atoms with Crippen LogP contribution in [0.15, 0.2) is 18.2 Å². The van der Waals surface area contributed by atoms with Crippen LogP contribution in [-0.4, -0.2) is 18.8 Å². The van der Waals surface area contributed by atoms with Gasteiger partial charge in [0.15, 0.2) is 0 Å². The predicted molar refractivity (Wildman–Crippen MR) is 67.1 cm³/mol. The molecular weight excluding hydrogens is 259 g/mol. The largest absolute Gasteiger partial charge is 0.489 e. The number of alkyl halides is 3. The molecule has 0 spiro atoms. The van der Waals surface area contributed by atoms with Gasteiger partial charge in [0.25, 0.3) is 0 Å². The summed E-state index contributed by atoms with van der Waals surface area (Å²) in [6.45, 7) is 6.27. The maximum atomic E-state index is 12.4. The van der Waals surface area contributed by atoms with Crippen LogP contribution in [-0.2, 0) is 10.9 Å². The lowest BCUT2D eigenvalue weighted by molar-refractivity contribution is -0.137. The summed E-state index contributed by atoms with van der Waals surface area (Å²) in [7, 11) is 0. The molecule has 0 aliphatic carbocycles. The first-order chi connectivity index (χ1) is 8.59. The lowest BCUT2D eigenvalue weighted by Gasteiger charge is -2.19. The summed E-state index contributed by atoms with van der Waals surface area (Å²) in [4.78, 5) is 0. The zero-order valence-corrected chi connectivity index (χ0v) is 11.2. The van der Waals surface area contributed by atoms with E-state index in [4.69, 9.17) is 15.2 Å². The summed E-state index contributed by atoms with van der Waals surface area (Å²) in [5.41, 5.74) is 4.41. The Balaban J connectivity index is 2.57. The van der Waals surface area contributed by atoms with Gasteiger partial charge >= 0.3 is 6.18 Å². The molecule has 1 rings (SSSR count). The molecule has 0 aromatic heterocycles. The Morgan fingerprint density at radius 2 is 1.74 bits per heavy atom. The Labute approximate surface area is 110 Å². The number of nitrogens with two attached hydrogens (primary N) is 1. The Kier molecular flexibility index (Phi) is 4.68. The van der Waals surface area contributed by atoms with Crippen LogP contribution in [0.4, 0.5) is 18.9 Å². The number of rotatable bonds is 4. The topological polar surface area (TPSA) is 44.5 Å². The van der Waals surface area contributed by atoms with Crippen LogP contribution in [0.2, 0.25) is 0 Å². The van der Waals surface area contributed by atoms with E-state index in [1.807, 2.05) is 20.8 Å². The van der Waals surface area contributed by atoms with Gasteiger partial charge in [-0.1, -0.05) is 0 Å². The van der Waals surface area contributed by atoms with E-state index in [1.165, 1.54) is 6.07 Å². The van der Waals surface area contributed by atoms with Crippen molar-refractivity contribution in [1.29, 1.82) is 0 Å². The van der Waals surface area contributed by atoms with Gasteiger partial charge in [0.1, 0.15) is 12.4 Å². The maximum absolute atomic E-state index is 12.4. The highest BCUT2D eigenvalue weighted by atomic mass is 19.4. The molecule has 108 valence electrons. The van der Waals surface area contributed by atoms with E-state index >= 15 is 0 Å². The van der Waals surface area contributed by atoms with Crippen molar-refractivity contribution < 1.29 is 22.6 Å². The van der Waals surface area contributed by atoms with Gasteiger partial charge in [0.05, 0.1) is 23.5 Å². The fraction of sp³-hybridized carbons (Fsp3) is 0.538. The summed E-state index contributed by atoms with van der Waals surface area (Å²) in [6, 6.07) is 3.02. The van der Waals surface area contributed by atoms with Crippen molar-refractivity contribution in [1.82, 2.24) is 0 Å². The van der Waals surface area contributed by atoms with Gasteiger partial charge in [-0.15, -0.1) is 0 Å². The van der Waals surface area contributed by atoms with Gasteiger partial charge < -0.3 is 15.2 Å². The second kappa shape index (κ2) is 5.69. The Morgan fingerprint density at radius 1 is 1.11 bits per heavy atom. The molecule has 0 aliphatic heterocycles. The van der Waals surface area contributed by atoms with Crippen LogP contribution in [0, 0.1) is 0 Å². The highest BCUT2D eigenvalue weighted by Crippen LogP contribution is 2.33. The molecule has 3 nitrogen and oxygen atoms in total. The molecule has 2 N–H and O–H groups in total. The van der Waals surface area contributed by atoms with E-state index in [-0.39, 0.29) is 23.6 Å². The summed E-state index contributed by atoms with van der Waals surface area (Å²) in [6.07, 6.45) is -4.40. The third-order valence-electron chi connectivity index (χ3n) is 2.21. The quantitative estimate of drug-likeness (QED) is 0.677. The molecular formula is C13H18F3NO2. The molecule has 0 unspecified atom stereocenters. The molecule has 0 aliphatic rings. The molecule has 1 aromatic rings. The Bertz CT molecular complexity index is 425. The third kappa shape index (κ3) is 5.38. The fourth-order valence-corrected chi connectivity index (χ4v) is 1.36. The SMILES string of the molecule is CC(C)(C)OCCOc1ccc(C(F)(F)F)cc1N. The normalized spacial score (nSPS) is 12.5. The maximum Gasteiger partial charge on any atom is 0.416 e. The van der Waals surface area contributed by atoms with Gasteiger partial charge in [-0.25, -0.2) is 0 Å². The minimum atomic E-state index is -4.40. The first-order valence-electron chi connectivity index (χ1n) is 5.83. The van der Waals surface area contributed by atoms with E-state index in [2.05, 4.69) is 0 Å². The molecule has 19 heavy (non-hydrogen) atoms. The van der Waals surface area contributed by atoms with Crippen LogP contribution in [0.5, 0.6) is 5.75 Å². The van der Waals surface area contributed by atoms with Gasteiger partial charge in [0, 0.05) is 0 Å². The van der Waals surface area contributed by atoms with Crippen molar-refractivity contribution in [2.45, 2.75) is 32.5 Å². The minimum Gasteiger partial charge on any atom is -0.489 e. The zero-order chi connectivity index (χ0) is 14.7. The molecule has 0 bridgehead atoms. The van der Waals surface area contributed by atoms with Crippen molar-refractivity contribution in [2.24, 2.45) is 0 Å². The molecule has 0 saturated carbocycles. The summed E-state index contributed by atoms with van der Waals surface area (Å²) >= 11 is 0. The molecule has 1 aromatic carbocycles. The minimum absolute atomic E-state index is 0.0365. The van der Waals surface area contributed by atoms with Crippen molar-refractivity contribution in [2.75, 3.05) is 18.9 Å². The molecule has 0 amide bonds. The van der Waals surface area contributed by atoms with Crippen LogP contribution < -0.4 is 10.5 Å². The van der Waals surface area contributed by atoms with E-state index in [0.717, 1.165) is 12.1 Å². The first-order valence-corrected chi connectivity index (χ1v) is 5.83. The number of anilines is 1. The van der Waals surface area contributed by atoms with Gasteiger partial charge in [-0.3, -0.25) is 0 Å². The molecule has 0 saturated heterocycles. The second-order valence-corrected chi connectivity index (χ2v) is 5.06. The predicted octanol–water partition coefficient (Wildman–Crippen LogP) is 3.48. The lowest BCUT2D eigenvalue weighted by Crippen LogP contribution is -2.22. The van der Waals surface area contributed by atoms with Gasteiger partial charge in [0.2, 0.25) is 0 Å². The van der Waals surface area contributed by atoms with Crippen LogP contribution in [0.3, 0.4) is 0 Å². The number of hydrogen-bond donors (Lipinski definition) is 1. The van der Waals surface area contributed by atoms with E-state index in [9.17, 15) is 13.2 Å². The van der Waals surface area contributed by atoms with E-state index in [1.54, 1.807) is 0 Å². The average molecular weight is 277 g/mol. The van der Waals surface area contributed by atoms with Crippen molar-refractivity contribution in [3.63, 3.8) is 0 Å². The smallest absolute Gasteiger partial charge is 0.416 e. The van der Waals surface area contributed by atoms with Crippen molar-refractivity contribution in [3.05, 3.63) is 23.8 Å². The van der Waals surface area contributed by atoms with Crippen molar-refractivity contribution in [3.8, 4) is 5.75 Å². The Hall–Kier alpha value is -1.43. The zero-order valence-electron chi connectivity index (χ0n) is 11.2. The summed E-state index contributed by atoms with van der Waals surface area (Å²) < 4.78 is 48.0. The summed E-state index contributed by atoms with van der Waals surface area (Å²) in [5.74, 6) is 0.227. The van der Waals surface area contributed by atoms with E-state index in [0.29, 0.717) is 6.61 Å². The number of nitrogen functional groups attached to an aromatic ring is 1. The lowest BCUT2D eigenvalue weighted by atomic mass is 10.2. The van der Waals surface area contributed by atoms with Crippen LogP contribution in [0.1, 0.15) is 26.3 Å². The van der Waals surface area contributed by atoms with Gasteiger partial charge in [-0.2, -0.15) is 13.2 Å².